The van der Waals surface area contributed by atoms with Crippen molar-refractivity contribution in [3.8, 4) is 34.5 Å². The van der Waals surface area contributed by atoms with Crippen LogP contribution in [0.25, 0.3) is 0 Å². The molecule has 7 aromatic carbocycles. The average molecular weight is 1050 g/mol. The van der Waals surface area contributed by atoms with Crippen LogP contribution in [0.5, 0.6) is 34.5 Å². The van der Waals surface area contributed by atoms with Gasteiger partial charge in [-0.1, -0.05) is 97.4 Å². The minimum Gasteiger partial charge on any atom is -0.508 e. The van der Waals surface area contributed by atoms with Gasteiger partial charge < -0.3 is 79.9 Å². The van der Waals surface area contributed by atoms with Crippen LogP contribution in [0.2, 0.25) is 0 Å². The van der Waals surface area contributed by atoms with Crippen LogP contribution in [0.15, 0.2) is 170 Å². The Kier molecular flexibility index (Phi) is 31.2. The smallest absolute Gasteiger partial charge is 0.176 e. The monoisotopic (exact) mass is 1040 g/mol. The van der Waals surface area contributed by atoms with Crippen LogP contribution in [-0.2, 0) is 12.8 Å². The van der Waals surface area contributed by atoms with Gasteiger partial charge in [-0.15, -0.1) is 0 Å². The molecule has 0 aliphatic heterocycles. The Bertz CT molecular complexity index is 2470. The van der Waals surface area contributed by atoms with E-state index in [-0.39, 0.29) is 48.4 Å². The number of hydrogen-bond donors (Lipinski definition) is 15. The third-order valence-corrected chi connectivity index (χ3v) is 11.5. The van der Waals surface area contributed by atoms with Crippen molar-refractivity contribution >= 4 is 5.78 Å². The summed E-state index contributed by atoms with van der Waals surface area (Å²) in [5.74, 6) is 1.62. The second kappa shape index (κ2) is 36.6. The highest BCUT2D eigenvalue weighted by molar-refractivity contribution is 5.97. The maximum Gasteiger partial charge on any atom is 0.176 e. The summed E-state index contributed by atoms with van der Waals surface area (Å²) >= 11 is 0. The second-order valence-electron chi connectivity index (χ2n) is 17.7. The van der Waals surface area contributed by atoms with Crippen molar-refractivity contribution in [2.45, 2.75) is 70.3 Å². The fraction of sp³-hybridized carbons (Fsp3) is 0.283. The van der Waals surface area contributed by atoms with E-state index in [2.05, 4.69) is 50.4 Å². The van der Waals surface area contributed by atoms with Gasteiger partial charge in [-0.25, -0.2) is 0 Å². The molecule has 5 unspecified atom stereocenters. The van der Waals surface area contributed by atoms with Gasteiger partial charge in [-0.2, -0.15) is 0 Å². The summed E-state index contributed by atoms with van der Waals surface area (Å²) in [4.78, 5) is 10.9. The Hall–Kier alpha value is -7.35. The zero-order valence-electron chi connectivity index (χ0n) is 43.7. The van der Waals surface area contributed by atoms with E-state index in [0.717, 1.165) is 36.0 Å². The van der Waals surface area contributed by atoms with Gasteiger partial charge in [0.25, 0.3) is 0 Å². The maximum atomic E-state index is 10.9. The van der Waals surface area contributed by atoms with Gasteiger partial charge in [-0.05, 0) is 170 Å². The van der Waals surface area contributed by atoms with Crippen molar-refractivity contribution in [1.29, 1.82) is 0 Å². The average Bonchev–Trinajstić information content (AvgIpc) is 3.44. The normalized spacial score (nSPS) is 12.2. The maximum absolute atomic E-state index is 10.9. The molecule has 20 N–H and O–H groups in total. The molecule has 0 aromatic heterocycles. The van der Waals surface area contributed by atoms with Crippen LogP contribution in [0.3, 0.4) is 0 Å². The number of hydrogen-bond acceptors (Lipinski definition) is 16. The number of rotatable bonds is 17. The van der Waals surface area contributed by atoms with Crippen LogP contribution < -0.4 is 34.0 Å². The molecule has 0 amide bonds. The summed E-state index contributed by atoms with van der Waals surface area (Å²) in [5.41, 5.74) is 34.2. The van der Waals surface area contributed by atoms with Crippen molar-refractivity contribution in [1.82, 2.24) is 5.32 Å². The number of carbonyl (C=O) groups excluding carboxylic acids is 1. The summed E-state index contributed by atoms with van der Waals surface area (Å²) in [6.45, 7) is 8.51. The molecule has 0 heterocycles. The third kappa shape index (κ3) is 26.7. The Morgan fingerprint density at radius 2 is 0.763 bits per heavy atom. The summed E-state index contributed by atoms with van der Waals surface area (Å²) < 4.78 is 0. The lowest BCUT2D eigenvalue weighted by Gasteiger charge is -2.17. The van der Waals surface area contributed by atoms with Gasteiger partial charge >= 0.3 is 0 Å². The van der Waals surface area contributed by atoms with Gasteiger partial charge in [0, 0.05) is 31.2 Å². The molecule has 0 saturated carbocycles. The van der Waals surface area contributed by atoms with E-state index >= 15 is 0 Å². The lowest BCUT2D eigenvalue weighted by molar-refractivity contribution is 0.100. The molecule has 7 aromatic rings. The molecule has 16 heteroatoms. The molecular weight excluding hydrogens is 965 g/mol. The number of phenols is 6. The lowest BCUT2D eigenvalue weighted by atomic mass is 10.0. The van der Waals surface area contributed by atoms with E-state index < -0.39 is 18.3 Å². The van der Waals surface area contributed by atoms with Gasteiger partial charge in [0.2, 0.25) is 0 Å². The molecule has 0 aliphatic carbocycles. The first-order valence-corrected chi connectivity index (χ1v) is 24.9. The number of nitrogens with two attached hydrogens (primary N) is 5. The molecule has 0 saturated heterocycles. The predicted molar refractivity (Wildman–Crippen MR) is 302 cm³/mol. The number of nitrogens with one attached hydrogen (secondary N) is 1. The molecular formula is C60H80N6O10. The molecule has 0 radical (unpaired) electrons. The van der Waals surface area contributed by atoms with E-state index in [1.54, 1.807) is 84.9 Å². The SMILES string of the molecule is CC(CN)c1ccc(O)cc1.Cc1ccc(CCC(C)NCC(O)c2ccc(O)cc2)cc1.NCC(=O)c1ccc(O)cc1.NCC(O)c1ccc(O)cc1.NCC(O)c1ccc(O)cc1.NCCc1ccc(O)cc1. The molecule has 0 aliphatic rings. The molecule has 410 valence electrons. The molecule has 0 fully saturated rings. The highest BCUT2D eigenvalue weighted by atomic mass is 16.3. The minimum absolute atomic E-state index is 0.00474. The summed E-state index contributed by atoms with van der Waals surface area (Å²) in [5, 5.41) is 85.7. The summed E-state index contributed by atoms with van der Waals surface area (Å²) in [7, 11) is 0. The van der Waals surface area contributed by atoms with Crippen molar-refractivity contribution in [3.05, 3.63) is 214 Å². The summed E-state index contributed by atoms with van der Waals surface area (Å²) in [6, 6.07) is 48.6. The Balaban J connectivity index is 0.000000322. The largest absolute Gasteiger partial charge is 0.508 e. The number of carbonyl (C=O) groups is 1. The first-order valence-electron chi connectivity index (χ1n) is 24.9. The van der Waals surface area contributed by atoms with Gasteiger partial charge in [0.1, 0.15) is 34.5 Å². The molecule has 7 rings (SSSR count). The quantitative estimate of drug-likeness (QED) is 0.0408. The number of Topliss-reactive ketones (excluding diaryl/α,β-unsaturated/α-hetero) is 1. The standard InChI is InChI=1S/C19H25NO2.C9H13NO.2C8H11NO2.C8H9NO2.C8H11NO/c1-14-3-6-16(7-4-14)8-5-15(2)20-13-19(22)17-9-11-18(21)12-10-17;1-7(6-10)8-2-4-9(11)5-3-8;3*9-5-8(11)6-1-3-7(10)4-2-6;9-6-5-7-1-3-8(10)4-2-7/h3-4,6-7,9-12,15,19-22H,5,8,13H2,1-2H3;2-5,7,11H,6,10H2,1H3;2*1-4,8,10-11H,5,9H2;1-4,10H,5,9H2;1-4,10H,5-6,9H2. The number of aromatic hydroxyl groups is 6. The van der Waals surface area contributed by atoms with E-state index in [1.165, 1.54) is 58.7 Å². The van der Waals surface area contributed by atoms with Crippen LogP contribution in [-0.4, -0.2) is 97.1 Å². The molecule has 16 nitrogen and oxygen atoms in total. The minimum atomic E-state index is -0.629. The van der Waals surface area contributed by atoms with Crippen molar-refractivity contribution in [2.75, 3.05) is 39.3 Å². The number of aliphatic hydroxyl groups is 3. The molecule has 0 bridgehead atoms. The molecule has 76 heavy (non-hydrogen) atoms. The fourth-order valence-corrected chi connectivity index (χ4v) is 6.57. The number of ketones is 1. The second-order valence-corrected chi connectivity index (χ2v) is 17.7. The van der Waals surface area contributed by atoms with Crippen LogP contribution >= 0.6 is 0 Å². The number of phenolic OH excluding ortho intramolecular Hbond substituents is 6. The number of aryl methyl sites for hydroxylation is 2. The highest BCUT2D eigenvalue weighted by Gasteiger charge is 2.10. The van der Waals surface area contributed by atoms with Crippen molar-refractivity contribution < 1.29 is 50.8 Å². The Labute approximate surface area is 447 Å². The Morgan fingerprint density at radius 1 is 0.434 bits per heavy atom. The number of benzene rings is 7. The van der Waals surface area contributed by atoms with Gasteiger partial charge in [-0.3, -0.25) is 4.79 Å². The number of aliphatic hydroxyl groups excluding tert-OH is 3. The highest BCUT2D eigenvalue weighted by Crippen LogP contribution is 2.20. The predicted octanol–water partition coefficient (Wildman–Crippen LogP) is 6.99. The van der Waals surface area contributed by atoms with Gasteiger partial charge in [0.15, 0.2) is 5.78 Å². The fourth-order valence-electron chi connectivity index (χ4n) is 6.57. The first kappa shape index (κ1) is 64.8. The van der Waals surface area contributed by atoms with Crippen molar-refractivity contribution in [2.24, 2.45) is 28.7 Å². The molecule has 5 atom stereocenters. The van der Waals surface area contributed by atoms with Gasteiger partial charge in [0.05, 0.1) is 24.9 Å². The van der Waals surface area contributed by atoms with E-state index in [9.17, 15) is 25.2 Å². The van der Waals surface area contributed by atoms with Crippen LogP contribution in [0.1, 0.15) is 93.8 Å². The van der Waals surface area contributed by atoms with E-state index in [4.69, 9.17) is 54.2 Å². The third-order valence-electron chi connectivity index (χ3n) is 11.5. The zero-order chi connectivity index (χ0) is 56.4. The zero-order valence-corrected chi connectivity index (χ0v) is 43.7. The van der Waals surface area contributed by atoms with Crippen LogP contribution in [0.4, 0.5) is 0 Å². The van der Waals surface area contributed by atoms with E-state index in [0.29, 0.717) is 48.7 Å². The lowest BCUT2D eigenvalue weighted by Crippen LogP contribution is -2.30. The molecule has 0 spiro atoms. The topological polar surface area (TPSA) is 341 Å². The van der Waals surface area contributed by atoms with Crippen molar-refractivity contribution in [3.63, 3.8) is 0 Å². The van der Waals surface area contributed by atoms with E-state index in [1.807, 2.05) is 24.3 Å². The summed E-state index contributed by atoms with van der Waals surface area (Å²) in [6.07, 6.45) is 1.13. The first-order chi connectivity index (χ1) is 36.3. The van der Waals surface area contributed by atoms with Crippen LogP contribution in [0, 0.1) is 6.92 Å². The Morgan fingerprint density at radius 3 is 1.12 bits per heavy atom.